The second-order valence-corrected chi connectivity index (χ2v) is 11.5. The van der Waals surface area contributed by atoms with Gasteiger partial charge in [-0.1, -0.05) is 90.8 Å². The maximum atomic E-state index is 11.1. The fourth-order valence-corrected chi connectivity index (χ4v) is 5.03. The van der Waals surface area contributed by atoms with Crippen molar-refractivity contribution in [2.24, 2.45) is 0 Å². The summed E-state index contributed by atoms with van der Waals surface area (Å²) in [6, 6.07) is 23.1. The fourth-order valence-electron chi connectivity index (χ4n) is 5.03. The molecule has 0 aliphatic rings. The Bertz CT molecular complexity index is 1310. The number of nitrogens with one attached hydrogen (secondary N) is 3. The highest BCUT2D eigenvalue weighted by Gasteiger charge is 2.10. The van der Waals surface area contributed by atoms with Crippen molar-refractivity contribution in [2.45, 2.75) is 97.8 Å². The second kappa shape index (κ2) is 23.7. The van der Waals surface area contributed by atoms with Crippen molar-refractivity contribution in [3.05, 3.63) is 89.5 Å². The van der Waals surface area contributed by atoms with E-state index < -0.39 is 18.3 Å². The Hall–Kier alpha value is -4.53. The first kappa shape index (κ1) is 41.5. The molecular formula is C39H57N3O6. The van der Waals surface area contributed by atoms with Crippen molar-refractivity contribution in [3.8, 4) is 17.2 Å². The zero-order valence-corrected chi connectivity index (χ0v) is 30.4. The first-order chi connectivity index (χ1) is 23.0. The predicted molar refractivity (Wildman–Crippen MR) is 195 cm³/mol. The summed E-state index contributed by atoms with van der Waals surface area (Å²) in [4.78, 5) is 33.2. The predicted octanol–water partition coefficient (Wildman–Crippen LogP) is 9.93. The van der Waals surface area contributed by atoms with Crippen LogP contribution in [0.2, 0.25) is 0 Å². The Morgan fingerprint density at radius 1 is 0.542 bits per heavy atom. The summed E-state index contributed by atoms with van der Waals surface area (Å²) in [5, 5.41) is 7.28. The van der Waals surface area contributed by atoms with E-state index in [1.165, 1.54) is 16.7 Å². The zero-order chi connectivity index (χ0) is 35.9. The van der Waals surface area contributed by atoms with E-state index in [2.05, 4.69) is 75.7 Å². The summed E-state index contributed by atoms with van der Waals surface area (Å²) in [6.45, 7) is 13.0. The van der Waals surface area contributed by atoms with Gasteiger partial charge < -0.3 is 30.2 Å². The topological polar surface area (TPSA) is 115 Å². The summed E-state index contributed by atoms with van der Waals surface area (Å²) >= 11 is 0. The number of rotatable bonds is 12. The van der Waals surface area contributed by atoms with Crippen molar-refractivity contribution in [1.29, 1.82) is 0 Å². The molecule has 0 saturated heterocycles. The summed E-state index contributed by atoms with van der Waals surface area (Å²) < 4.78 is 15.3. The van der Waals surface area contributed by atoms with Crippen LogP contribution in [0.4, 0.5) is 14.4 Å². The van der Waals surface area contributed by atoms with Gasteiger partial charge in [-0.3, -0.25) is 0 Å². The van der Waals surface area contributed by atoms with E-state index in [0.717, 1.165) is 38.5 Å². The molecule has 9 heteroatoms. The maximum Gasteiger partial charge on any atom is 0.412 e. The summed E-state index contributed by atoms with van der Waals surface area (Å²) in [7, 11) is 4.64. The van der Waals surface area contributed by atoms with E-state index in [0.29, 0.717) is 35.0 Å². The lowest BCUT2D eigenvalue weighted by atomic mass is 9.94. The molecule has 3 N–H and O–H groups in total. The molecule has 0 spiro atoms. The van der Waals surface area contributed by atoms with Crippen molar-refractivity contribution < 1.29 is 28.6 Å². The Balaban J connectivity index is 0.000000360. The van der Waals surface area contributed by atoms with Crippen LogP contribution in [-0.2, 0) is 0 Å². The molecule has 3 amide bonds. The molecule has 3 aromatic carbocycles. The number of carbonyl (C=O) groups excluding carboxylic acids is 3. The molecule has 3 rings (SSSR count). The molecule has 0 aliphatic carbocycles. The highest BCUT2D eigenvalue weighted by Crippen LogP contribution is 2.27. The van der Waals surface area contributed by atoms with Crippen molar-refractivity contribution >= 4 is 18.3 Å². The van der Waals surface area contributed by atoms with Gasteiger partial charge in [-0.15, -0.1) is 0 Å². The Morgan fingerprint density at radius 2 is 0.854 bits per heavy atom. The molecule has 0 saturated carbocycles. The maximum absolute atomic E-state index is 11.1. The Labute approximate surface area is 288 Å². The van der Waals surface area contributed by atoms with Gasteiger partial charge in [0.15, 0.2) is 0 Å². The van der Waals surface area contributed by atoms with E-state index in [1.807, 2.05) is 36.4 Å². The summed E-state index contributed by atoms with van der Waals surface area (Å²) in [5.74, 6) is 3.33. The SMILES string of the molecule is CCC(CC)c1cccc(OC(=O)NC)c1.CCCC(C)c1cccc(OC(=O)NC)c1.CCCC(C)c1cccc(OC(=O)NC)c1. The second-order valence-electron chi connectivity index (χ2n) is 11.5. The lowest BCUT2D eigenvalue weighted by molar-refractivity contribution is 0.202. The van der Waals surface area contributed by atoms with Crippen LogP contribution in [0.5, 0.6) is 17.2 Å². The lowest BCUT2D eigenvalue weighted by Gasteiger charge is -2.13. The highest BCUT2D eigenvalue weighted by molar-refractivity contribution is 5.70. The van der Waals surface area contributed by atoms with Crippen molar-refractivity contribution in [1.82, 2.24) is 16.0 Å². The third-order valence-electron chi connectivity index (χ3n) is 7.86. The van der Waals surface area contributed by atoms with Crippen LogP contribution in [-0.4, -0.2) is 39.4 Å². The molecule has 0 aromatic heterocycles. The third kappa shape index (κ3) is 15.8. The molecule has 48 heavy (non-hydrogen) atoms. The molecule has 2 atom stereocenters. The van der Waals surface area contributed by atoms with Crippen LogP contribution in [0.25, 0.3) is 0 Å². The van der Waals surface area contributed by atoms with Gasteiger partial charge in [-0.25, -0.2) is 14.4 Å². The average molecular weight is 664 g/mol. The van der Waals surface area contributed by atoms with Crippen LogP contribution in [0.3, 0.4) is 0 Å². The van der Waals surface area contributed by atoms with Gasteiger partial charge >= 0.3 is 18.3 Å². The van der Waals surface area contributed by atoms with E-state index in [-0.39, 0.29) is 0 Å². The van der Waals surface area contributed by atoms with E-state index >= 15 is 0 Å². The number of hydrogen-bond donors (Lipinski definition) is 3. The summed E-state index contributed by atoms with van der Waals surface area (Å²) in [6.07, 6.45) is 5.50. The summed E-state index contributed by atoms with van der Waals surface area (Å²) in [5.41, 5.74) is 3.65. The van der Waals surface area contributed by atoms with Gasteiger partial charge in [0.1, 0.15) is 17.2 Å². The number of ether oxygens (including phenoxy) is 3. The van der Waals surface area contributed by atoms with Crippen molar-refractivity contribution in [3.63, 3.8) is 0 Å². The molecule has 0 aliphatic heterocycles. The first-order valence-corrected chi connectivity index (χ1v) is 17.0. The van der Waals surface area contributed by atoms with Gasteiger partial charge in [-0.2, -0.15) is 0 Å². The molecular weight excluding hydrogens is 606 g/mol. The van der Waals surface area contributed by atoms with E-state index in [9.17, 15) is 14.4 Å². The quantitative estimate of drug-likeness (QED) is 0.178. The van der Waals surface area contributed by atoms with E-state index in [1.54, 1.807) is 39.3 Å². The lowest BCUT2D eigenvalue weighted by Crippen LogP contribution is -2.22. The molecule has 0 heterocycles. The number of amides is 3. The molecule has 9 nitrogen and oxygen atoms in total. The molecule has 3 aromatic rings. The highest BCUT2D eigenvalue weighted by atomic mass is 16.6. The fraction of sp³-hybridized carbons (Fsp3) is 0.462. The van der Waals surface area contributed by atoms with Gasteiger partial charge in [0.2, 0.25) is 0 Å². The van der Waals surface area contributed by atoms with Crippen LogP contribution < -0.4 is 30.2 Å². The largest absolute Gasteiger partial charge is 0.412 e. The molecule has 0 radical (unpaired) electrons. The number of carbonyl (C=O) groups is 3. The average Bonchev–Trinajstić information content (AvgIpc) is 3.10. The molecule has 264 valence electrons. The minimum absolute atomic E-state index is 0.429. The molecule has 0 fully saturated rings. The Kier molecular flexibility index (Phi) is 20.5. The number of hydrogen-bond acceptors (Lipinski definition) is 6. The number of benzene rings is 3. The standard InChI is InChI=1S/3C13H19NO2/c2*1-4-6-10(2)11-7-5-8-12(9-11)16-13(15)14-3;1-4-10(5-2)11-7-6-8-12(9-11)16-13(15)14-3/h2*5,7-10H,4,6H2,1-3H3,(H,14,15);6-10H,4-5H2,1-3H3,(H,14,15). The van der Waals surface area contributed by atoms with Gasteiger partial charge in [-0.05, 0) is 96.5 Å². The first-order valence-electron chi connectivity index (χ1n) is 17.0. The normalized spacial score (nSPS) is 11.4. The Morgan fingerprint density at radius 3 is 1.15 bits per heavy atom. The van der Waals surface area contributed by atoms with Gasteiger partial charge in [0, 0.05) is 21.1 Å². The minimum atomic E-state index is -0.430. The van der Waals surface area contributed by atoms with Crippen LogP contribution in [0.15, 0.2) is 72.8 Å². The third-order valence-corrected chi connectivity index (χ3v) is 7.86. The molecule has 0 bridgehead atoms. The smallest absolute Gasteiger partial charge is 0.410 e. The van der Waals surface area contributed by atoms with Gasteiger partial charge in [0.25, 0.3) is 0 Å². The van der Waals surface area contributed by atoms with Crippen LogP contribution >= 0.6 is 0 Å². The van der Waals surface area contributed by atoms with Gasteiger partial charge in [0.05, 0.1) is 0 Å². The molecule has 2 unspecified atom stereocenters. The monoisotopic (exact) mass is 663 g/mol. The van der Waals surface area contributed by atoms with E-state index in [4.69, 9.17) is 14.2 Å². The van der Waals surface area contributed by atoms with Crippen LogP contribution in [0.1, 0.15) is 115 Å². The zero-order valence-electron chi connectivity index (χ0n) is 30.4. The van der Waals surface area contributed by atoms with Crippen LogP contribution in [0, 0.1) is 0 Å². The van der Waals surface area contributed by atoms with Crippen molar-refractivity contribution in [2.75, 3.05) is 21.1 Å². The minimum Gasteiger partial charge on any atom is -0.410 e.